The Labute approximate surface area is 126 Å². The van der Waals surface area contributed by atoms with Crippen molar-refractivity contribution in [2.45, 2.75) is 13.3 Å². The van der Waals surface area contributed by atoms with E-state index < -0.39 is 0 Å². The number of ether oxygens (including phenoxy) is 1. The lowest BCUT2D eigenvalue weighted by Gasteiger charge is -2.10. The van der Waals surface area contributed by atoms with Gasteiger partial charge in [-0.05, 0) is 24.6 Å². The lowest BCUT2D eigenvalue weighted by atomic mass is 10.3. The standard InChI is InChI=1S/C14H14BrClN2O/c1-2-5-18-11-7-12(9-17-8-11)19-14-6-10(15)3-4-13(14)16/h3-4,6-9,18H,2,5H2,1H3. The summed E-state index contributed by atoms with van der Waals surface area (Å²) in [5.74, 6) is 1.26. The summed E-state index contributed by atoms with van der Waals surface area (Å²) in [7, 11) is 0. The van der Waals surface area contributed by atoms with Gasteiger partial charge in [0.15, 0.2) is 0 Å². The second-order valence-electron chi connectivity index (χ2n) is 4.01. The van der Waals surface area contributed by atoms with Gasteiger partial charge in [-0.2, -0.15) is 0 Å². The van der Waals surface area contributed by atoms with E-state index in [-0.39, 0.29) is 0 Å². The fraction of sp³-hybridized carbons (Fsp3) is 0.214. The second kappa shape index (κ2) is 6.78. The lowest BCUT2D eigenvalue weighted by Crippen LogP contribution is -2.00. The molecule has 1 aromatic carbocycles. The summed E-state index contributed by atoms with van der Waals surface area (Å²) in [6, 6.07) is 7.38. The Balaban J connectivity index is 2.16. The van der Waals surface area contributed by atoms with E-state index in [1.807, 2.05) is 18.2 Å². The Hall–Kier alpha value is -1.26. The van der Waals surface area contributed by atoms with Crippen LogP contribution in [0.1, 0.15) is 13.3 Å². The van der Waals surface area contributed by atoms with Crippen molar-refractivity contribution in [1.29, 1.82) is 0 Å². The number of anilines is 1. The van der Waals surface area contributed by atoms with Gasteiger partial charge in [0.05, 0.1) is 23.1 Å². The van der Waals surface area contributed by atoms with E-state index in [9.17, 15) is 0 Å². The van der Waals surface area contributed by atoms with Crippen molar-refractivity contribution < 1.29 is 4.74 Å². The first-order valence-corrected chi connectivity index (χ1v) is 7.18. The number of nitrogens with one attached hydrogen (secondary N) is 1. The van der Waals surface area contributed by atoms with Gasteiger partial charge in [-0.15, -0.1) is 0 Å². The third kappa shape index (κ3) is 4.11. The predicted molar refractivity (Wildman–Crippen MR) is 82.2 cm³/mol. The number of pyridine rings is 1. The van der Waals surface area contributed by atoms with Gasteiger partial charge >= 0.3 is 0 Å². The van der Waals surface area contributed by atoms with E-state index in [0.29, 0.717) is 16.5 Å². The molecule has 1 N–H and O–H groups in total. The van der Waals surface area contributed by atoms with Gasteiger partial charge in [0.1, 0.15) is 11.5 Å². The Morgan fingerprint density at radius 1 is 1.32 bits per heavy atom. The predicted octanol–water partition coefficient (Wildman–Crippen LogP) is 5.11. The summed E-state index contributed by atoms with van der Waals surface area (Å²) in [5.41, 5.74) is 0.936. The van der Waals surface area contributed by atoms with Crippen LogP contribution in [0.25, 0.3) is 0 Å². The number of hydrogen-bond donors (Lipinski definition) is 1. The van der Waals surface area contributed by atoms with E-state index in [4.69, 9.17) is 16.3 Å². The minimum atomic E-state index is 0.565. The van der Waals surface area contributed by atoms with Gasteiger partial charge in [-0.1, -0.05) is 34.5 Å². The van der Waals surface area contributed by atoms with Crippen molar-refractivity contribution in [2.75, 3.05) is 11.9 Å². The van der Waals surface area contributed by atoms with Gasteiger partial charge < -0.3 is 10.1 Å². The summed E-state index contributed by atoms with van der Waals surface area (Å²) in [6.07, 6.45) is 4.49. The highest BCUT2D eigenvalue weighted by Gasteiger charge is 2.05. The number of rotatable bonds is 5. The quantitative estimate of drug-likeness (QED) is 0.820. The van der Waals surface area contributed by atoms with Gasteiger partial charge in [0.25, 0.3) is 0 Å². The minimum Gasteiger partial charge on any atom is -0.454 e. The normalized spacial score (nSPS) is 10.3. The van der Waals surface area contributed by atoms with Gasteiger partial charge in [0, 0.05) is 17.1 Å². The molecule has 1 aromatic heterocycles. The Bertz CT molecular complexity index is 563. The van der Waals surface area contributed by atoms with Crippen molar-refractivity contribution in [3.05, 3.63) is 46.2 Å². The Kier molecular flexibility index (Phi) is 5.05. The van der Waals surface area contributed by atoms with Crippen molar-refractivity contribution in [3.8, 4) is 11.5 Å². The number of hydrogen-bond acceptors (Lipinski definition) is 3. The number of aromatic nitrogens is 1. The fourth-order valence-electron chi connectivity index (χ4n) is 1.52. The van der Waals surface area contributed by atoms with Crippen LogP contribution in [0.15, 0.2) is 41.1 Å². The molecule has 5 heteroatoms. The first-order valence-electron chi connectivity index (χ1n) is 6.01. The Morgan fingerprint density at radius 3 is 2.95 bits per heavy atom. The molecule has 2 rings (SSSR count). The molecule has 0 bridgehead atoms. The van der Waals surface area contributed by atoms with E-state index >= 15 is 0 Å². The SMILES string of the molecule is CCCNc1cncc(Oc2cc(Br)ccc2Cl)c1. The second-order valence-corrected chi connectivity index (χ2v) is 5.34. The molecule has 0 fully saturated rings. The van der Waals surface area contributed by atoms with Crippen LogP contribution in [-0.2, 0) is 0 Å². The maximum absolute atomic E-state index is 6.09. The van der Waals surface area contributed by atoms with Crippen LogP contribution in [-0.4, -0.2) is 11.5 Å². The molecule has 0 saturated heterocycles. The monoisotopic (exact) mass is 340 g/mol. The van der Waals surface area contributed by atoms with Gasteiger partial charge in [-0.3, -0.25) is 4.98 Å². The average Bonchev–Trinajstić information content (AvgIpc) is 2.41. The van der Waals surface area contributed by atoms with Crippen LogP contribution < -0.4 is 10.1 Å². The zero-order valence-corrected chi connectivity index (χ0v) is 12.8. The lowest BCUT2D eigenvalue weighted by molar-refractivity contribution is 0.480. The molecule has 0 unspecified atom stereocenters. The van der Waals surface area contributed by atoms with E-state index in [1.54, 1.807) is 18.5 Å². The van der Waals surface area contributed by atoms with Crippen LogP contribution in [0.3, 0.4) is 0 Å². The minimum absolute atomic E-state index is 0.565. The summed E-state index contributed by atoms with van der Waals surface area (Å²) in [6.45, 7) is 3.02. The molecule has 0 radical (unpaired) electrons. The molecule has 0 aliphatic carbocycles. The summed E-state index contributed by atoms with van der Waals surface area (Å²) in [4.78, 5) is 4.14. The highest BCUT2D eigenvalue weighted by Crippen LogP contribution is 2.32. The average molecular weight is 342 g/mol. The first-order chi connectivity index (χ1) is 9.19. The topological polar surface area (TPSA) is 34.2 Å². The highest BCUT2D eigenvalue weighted by molar-refractivity contribution is 9.10. The number of halogens is 2. The molecule has 0 aliphatic rings. The van der Waals surface area contributed by atoms with E-state index in [1.165, 1.54) is 0 Å². The fourth-order valence-corrected chi connectivity index (χ4v) is 2.02. The van der Waals surface area contributed by atoms with Gasteiger partial charge in [0.2, 0.25) is 0 Å². The molecule has 0 aliphatic heterocycles. The molecule has 19 heavy (non-hydrogen) atoms. The Morgan fingerprint density at radius 2 is 2.16 bits per heavy atom. The summed E-state index contributed by atoms with van der Waals surface area (Å²) < 4.78 is 6.66. The first kappa shape index (κ1) is 14.2. The number of benzene rings is 1. The van der Waals surface area contributed by atoms with Crippen LogP contribution >= 0.6 is 27.5 Å². The maximum Gasteiger partial charge on any atom is 0.147 e. The van der Waals surface area contributed by atoms with Crippen LogP contribution in [0, 0.1) is 0 Å². The molecule has 0 saturated carbocycles. The van der Waals surface area contributed by atoms with Gasteiger partial charge in [-0.25, -0.2) is 0 Å². The molecule has 100 valence electrons. The third-order valence-corrected chi connectivity index (χ3v) is 3.22. The molecule has 0 atom stereocenters. The van der Waals surface area contributed by atoms with Crippen molar-refractivity contribution >= 4 is 33.2 Å². The van der Waals surface area contributed by atoms with Crippen molar-refractivity contribution in [2.24, 2.45) is 0 Å². The molecule has 1 heterocycles. The third-order valence-electron chi connectivity index (χ3n) is 2.41. The van der Waals surface area contributed by atoms with Crippen LogP contribution in [0.5, 0.6) is 11.5 Å². The maximum atomic E-state index is 6.09. The zero-order chi connectivity index (χ0) is 13.7. The smallest absolute Gasteiger partial charge is 0.147 e. The van der Waals surface area contributed by atoms with E-state index in [0.717, 1.165) is 23.1 Å². The number of nitrogens with zero attached hydrogens (tertiary/aromatic N) is 1. The zero-order valence-electron chi connectivity index (χ0n) is 10.5. The molecular weight excluding hydrogens is 328 g/mol. The van der Waals surface area contributed by atoms with Crippen LogP contribution in [0.4, 0.5) is 5.69 Å². The highest BCUT2D eigenvalue weighted by atomic mass is 79.9. The molecule has 0 spiro atoms. The van der Waals surface area contributed by atoms with E-state index in [2.05, 4.69) is 33.2 Å². The molecule has 3 nitrogen and oxygen atoms in total. The largest absolute Gasteiger partial charge is 0.454 e. The van der Waals surface area contributed by atoms with Crippen molar-refractivity contribution in [1.82, 2.24) is 4.98 Å². The van der Waals surface area contributed by atoms with Crippen molar-refractivity contribution in [3.63, 3.8) is 0 Å². The molecule has 2 aromatic rings. The van der Waals surface area contributed by atoms with Crippen LogP contribution in [0.2, 0.25) is 5.02 Å². The summed E-state index contributed by atoms with van der Waals surface area (Å²) >= 11 is 9.48. The molecule has 0 amide bonds. The summed E-state index contributed by atoms with van der Waals surface area (Å²) in [5, 5.41) is 3.83. The molecular formula is C14H14BrClN2O.